The molecule has 4 aromatic rings. The zero-order valence-corrected chi connectivity index (χ0v) is 17.9. The molecule has 0 saturated carbocycles. The van der Waals surface area contributed by atoms with Crippen LogP contribution in [0.1, 0.15) is 17.0 Å². The van der Waals surface area contributed by atoms with Crippen LogP contribution in [0.25, 0.3) is 33.4 Å². The van der Waals surface area contributed by atoms with E-state index in [2.05, 4.69) is 14.3 Å². The van der Waals surface area contributed by atoms with Gasteiger partial charge in [0.05, 0.1) is 26.5 Å². The largest absolute Gasteiger partial charge is 0.399 e. The molecule has 164 valence electrons. The molecular formula is C23H23FN6OS. The smallest absolute Gasteiger partial charge is 0.146 e. The van der Waals surface area contributed by atoms with Crippen molar-refractivity contribution in [3.8, 4) is 22.4 Å². The van der Waals surface area contributed by atoms with Crippen LogP contribution < -0.4 is 11.5 Å². The molecule has 0 unspecified atom stereocenters. The van der Waals surface area contributed by atoms with Gasteiger partial charge in [-0.3, -0.25) is 0 Å². The highest BCUT2D eigenvalue weighted by atomic mass is 32.2. The van der Waals surface area contributed by atoms with E-state index in [1.165, 1.54) is 18.5 Å². The van der Waals surface area contributed by atoms with Gasteiger partial charge in [0.1, 0.15) is 23.6 Å². The van der Waals surface area contributed by atoms with Crippen molar-refractivity contribution in [1.82, 2.24) is 14.5 Å². The molecule has 0 atom stereocenters. The van der Waals surface area contributed by atoms with Gasteiger partial charge in [-0.05, 0) is 48.7 Å². The molecule has 2 aromatic carbocycles. The zero-order valence-electron chi connectivity index (χ0n) is 20.1. The molecule has 1 saturated heterocycles. The van der Waals surface area contributed by atoms with Crippen molar-refractivity contribution in [2.24, 2.45) is 11.3 Å². The van der Waals surface area contributed by atoms with Crippen LogP contribution in [-0.2, 0) is 16.7 Å². The number of benzene rings is 2. The fourth-order valence-electron chi connectivity index (χ4n) is 4.12. The Morgan fingerprint density at radius 1 is 1.12 bits per heavy atom. The molecule has 32 heavy (non-hydrogen) atoms. The number of aromatic nitrogens is 3. The zero-order chi connectivity index (χ0) is 25.0. The summed E-state index contributed by atoms with van der Waals surface area (Å²) in [6.07, 6.45) is 2.96. The van der Waals surface area contributed by atoms with E-state index in [9.17, 15) is 4.21 Å². The van der Waals surface area contributed by atoms with Gasteiger partial charge in [-0.15, -0.1) is 0 Å². The maximum Gasteiger partial charge on any atom is 0.146 e. The minimum absolute atomic E-state index is 0.0328. The van der Waals surface area contributed by atoms with E-state index in [-0.39, 0.29) is 28.4 Å². The minimum Gasteiger partial charge on any atom is -0.399 e. The Kier molecular flexibility index (Phi) is 4.07. The predicted molar refractivity (Wildman–Crippen MR) is 127 cm³/mol. The van der Waals surface area contributed by atoms with Crippen molar-refractivity contribution in [1.29, 1.82) is 0 Å². The summed E-state index contributed by atoms with van der Waals surface area (Å²) in [4.78, 5) is 8.25. The number of halogens is 1. The highest BCUT2D eigenvalue weighted by Crippen LogP contribution is 2.42. The SMILES string of the molecule is [2H]C([2H])([2H])n1c(-c2ccc(N)cc2F)c(-c2ccc(N=S3(=O)CCCC3)cc2)c2c(N)ncnc21. The summed E-state index contributed by atoms with van der Waals surface area (Å²) in [5, 5.41) is 0.293. The Bertz CT molecular complexity index is 1560. The van der Waals surface area contributed by atoms with Gasteiger partial charge in [-0.1, -0.05) is 12.1 Å². The second-order valence-corrected chi connectivity index (χ2v) is 10.3. The van der Waals surface area contributed by atoms with E-state index in [4.69, 9.17) is 15.6 Å². The van der Waals surface area contributed by atoms with Gasteiger partial charge < -0.3 is 16.0 Å². The topological polar surface area (TPSA) is 112 Å². The van der Waals surface area contributed by atoms with Crippen molar-refractivity contribution >= 4 is 38.0 Å². The van der Waals surface area contributed by atoms with Crippen LogP contribution in [0.4, 0.5) is 21.6 Å². The number of aryl methyl sites for hydroxylation is 1. The van der Waals surface area contributed by atoms with Crippen LogP contribution in [0.5, 0.6) is 0 Å². The molecule has 0 radical (unpaired) electrons. The Hall–Kier alpha value is -3.46. The number of fused-ring (bicyclic) bond motifs is 1. The normalized spacial score (nSPS) is 17.1. The van der Waals surface area contributed by atoms with E-state index in [0.717, 1.165) is 23.5 Å². The van der Waals surface area contributed by atoms with Crippen LogP contribution in [0.15, 0.2) is 53.2 Å². The molecule has 0 aliphatic carbocycles. The van der Waals surface area contributed by atoms with Crippen molar-refractivity contribution in [3.63, 3.8) is 0 Å². The first-order valence-corrected chi connectivity index (χ1v) is 12.0. The van der Waals surface area contributed by atoms with Crippen molar-refractivity contribution in [2.45, 2.75) is 12.8 Å². The van der Waals surface area contributed by atoms with Gasteiger partial charge in [0.15, 0.2) is 0 Å². The van der Waals surface area contributed by atoms with Gasteiger partial charge in [-0.2, -0.15) is 4.36 Å². The quantitative estimate of drug-likeness (QED) is 0.444. The molecule has 4 N–H and O–H groups in total. The van der Waals surface area contributed by atoms with Crippen molar-refractivity contribution < 1.29 is 12.7 Å². The van der Waals surface area contributed by atoms with Crippen LogP contribution in [0, 0.1) is 5.82 Å². The molecule has 2 aromatic heterocycles. The first kappa shape index (κ1) is 17.1. The maximum atomic E-state index is 15.2. The van der Waals surface area contributed by atoms with Crippen LogP contribution >= 0.6 is 0 Å². The fraction of sp³-hybridized carbons (Fsp3) is 0.217. The standard InChI is InChI=1S/C23H23FN6OS/c1-30-21(17-9-6-15(25)12-18(17)24)19(20-22(26)27-13-28-23(20)30)14-4-7-16(8-5-14)29-32(31)10-2-3-11-32/h4-9,12-13H,2-3,10-11,25H2,1H3,(H2,26,27,28)/i1D3. The second-order valence-electron chi connectivity index (χ2n) is 7.78. The second kappa shape index (κ2) is 7.59. The first-order valence-electron chi connectivity index (χ1n) is 11.6. The Labute approximate surface area is 189 Å². The molecule has 9 heteroatoms. The summed E-state index contributed by atoms with van der Waals surface area (Å²) in [6, 6.07) is 10.9. The van der Waals surface area contributed by atoms with E-state index in [1.54, 1.807) is 24.3 Å². The van der Waals surface area contributed by atoms with E-state index in [0.29, 0.717) is 33.7 Å². The lowest BCUT2D eigenvalue weighted by atomic mass is 9.98. The Morgan fingerprint density at radius 2 is 1.88 bits per heavy atom. The average molecular weight is 454 g/mol. The van der Waals surface area contributed by atoms with Crippen molar-refractivity contribution in [3.05, 3.63) is 54.6 Å². The summed E-state index contributed by atoms with van der Waals surface area (Å²) >= 11 is 0. The van der Waals surface area contributed by atoms with E-state index < -0.39 is 22.5 Å². The van der Waals surface area contributed by atoms with Crippen LogP contribution in [-0.4, -0.2) is 30.2 Å². The summed E-state index contributed by atoms with van der Waals surface area (Å²) in [5.41, 5.74) is 13.8. The maximum absolute atomic E-state index is 15.2. The lowest BCUT2D eigenvalue weighted by molar-refractivity contribution is 0.630. The molecular weight excluding hydrogens is 427 g/mol. The minimum atomic E-state index is -2.70. The molecule has 5 rings (SSSR count). The van der Waals surface area contributed by atoms with Gasteiger partial charge >= 0.3 is 0 Å². The number of nitrogens with zero attached hydrogens (tertiary/aromatic N) is 4. The number of nitrogen functional groups attached to an aromatic ring is 2. The monoisotopic (exact) mass is 453 g/mol. The number of hydrogen-bond donors (Lipinski definition) is 2. The van der Waals surface area contributed by atoms with E-state index in [1.807, 2.05) is 0 Å². The third-order valence-electron chi connectivity index (χ3n) is 5.63. The highest BCUT2D eigenvalue weighted by Gasteiger charge is 2.24. The molecule has 1 aliphatic rings. The number of rotatable bonds is 3. The van der Waals surface area contributed by atoms with Gasteiger partial charge in [0.2, 0.25) is 0 Å². The summed E-state index contributed by atoms with van der Waals surface area (Å²) in [7, 11) is -2.26. The Morgan fingerprint density at radius 3 is 2.56 bits per heavy atom. The summed E-state index contributed by atoms with van der Waals surface area (Å²) in [5.74, 6) is 0.536. The molecule has 1 aliphatic heterocycles. The molecule has 0 spiro atoms. The Balaban J connectivity index is 1.82. The summed E-state index contributed by atoms with van der Waals surface area (Å²) in [6.45, 7) is -2.70. The number of anilines is 2. The molecule has 0 bridgehead atoms. The predicted octanol–water partition coefficient (Wildman–Crippen LogP) is 4.50. The number of nitrogens with two attached hydrogens (primary N) is 2. The van der Waals surface area contributed by atoms with Crippen LogP contribution in [0.3, 0.4) is 0 Å². The average Bonchev–Trinajstić information content (AvgIpc) is 3.36. The van der Waals surface area contributed by atoms with Crippen molar-refractivity contribution in [2.75, 3.05) is 23.0 Å². The third-order valence-corrected chi connectivity index (χ3v) is 8.03. The molecule has 0 amide bonds. The molecule has 3 heterocycles. The van der Waals surface area contributed by atoms with Crippen LogP contribution in [0.2, 0.25) is 0 Å². The lowest BCUT2D eigenvalue weighted by Crippen LogP contribution is -1.99. The first-order chi connectivity index (χ1) is 16.6. The highest BCUT2D eigenvalue weighted by molar-refractivity contribution is 7.93. The van der Waals surface area contributed by atoms with E-state index >= 15 is 4.39 Å². The molecule has 7 nitrogen and oxygen atoms in total. The number of hydrogen-bond acceptors (Lipinski definition) is 6. The van der Waals surface area contributed by atoms with Gasteiger partial charge in [0.25, 0.3) is 0 Å². The fourth-order valence-corrected chi connectivity index (χ4v) is 6.33. The summed E-state index contributed by atoms with van der Waals surface area (Å²) < 4.78 is 58.0. The molecule has 1 fully saturated rings. The van der Waals surface area contributed by atoms with Gasteiger partial charge in [-0.25, -0.2) is 18.6 Å². The third kappa shape index (κ3) is 3.38. The van der Waals surface area contributed by atoms with Gasteiger partial charge in [0, 0.05) is 39.4 Å². The lowest BCUT2D eigenvalue weighted by Gasteiger charge is -2.11.